The van der Waals surface area contributed by atoms with Crippen molar-refractivity contribution in [3.05, 3.63) is 35.9 Å². The van der Waals surface area contributed by atoms with Crippen LogP contribution in [0.2, 0.25) is 0 Å². The molecule has 1 heterocycles. The number of ether oxygens (including phenoxy) is 1. The fraction of sp³-hybridized carbons (Fsp3) is 0.538. The molecule has 1 aromatic rings. The molecule has 1 aliphatic heterocycles. The van der Waals surface area contributed by atoms with Gasteiger partial charge in [-0.1, -0.05) is 30.3 Å². The molecule has 15 heavy (non-hydrogen) atoms. The molecule has 0 radical (unpaired) electrons. The smallest absolute Gasteiger partial charge is 0.0716 e. The molecule has 82 valence electrons. The van der Waals surface area contributed by atoms with Crippen molar-refractivity contribution < 1.29 is 4.74 Å². The molecule has 1 N–H and O–H groups in total. The van der Waals surface area contributed by atoms with E-state index < -0.39 is 0 Å². The van der Waals surface area contributed by atoms with E-state index in [1.54, 1.807) is 0 Å². The average Bonchev–Trinajstić information content (AvgIpc) is 2.79. The molecule has 1 atom stereocenters. The van der Waals surface area contributed by atoms with E-state index in [4.69, 9.17) is 4.74 Å². The van der Waals surface area contributed by atoms with E-state index in [9.17, 15) is 0 Å². The van der Waals surface area contributed by atoms with Crippen LogP contribution in [0.1, 0.15) is 18.4 Å². The Kier molecular flexibility index (Phi) is 4.18. The Hall–Kier alpha value is -0.860. The van der Waals surface area contributed by atoms with Crippen LogP contribution in [0.15, 0.2) is 30.3 Å². The molecule has 2 rings (SSSR count). The minimum Gasteiger partial charge on any atom is -0.377 e. The highest BCUT2D eigenvalue weighted by Crippen LogP contribution is 2.12. The quantitative estimate of drug-likeness (QED) is 0.744. The maximum Gasteiger partial charge on any atom is 0.0716 e. The monoisotopic (exact) mass is 205 g/mol. The average molecular weight is 205 g/mol. The summed E-state index contributed by atoms with van der Waals surface area (Å²) < 4.78 is 5.65. The topological polar surface area (TPSA) is 21.3 Å². The first-order valence-electron chi connectivity index (χ1n) is 5.77. The SMILES string of the molecule is c1ccc(COCCC2CCNC2)cc1. The van der Waals surface area contributed by atoms with Crippen molar-refractivity contribution >= 4 is 0 Å². The zero-order valence-electron chi connectivity index (χ0n) is 9.11. The highest BCUT2D eigenvalue weighted by atomic mass is 16.5. The number of hydrogen-bond acceptors (Lipinski definition) is 2. The van der Waals surface area contributed by atoms with E-state index in [2.05, 4.69) is 29.6 Å². The van der Waals surface area contributed by atoms with Gasteiger partial charge in [0.05, 0.1) is 6.61 Å². The fourth-order valence-corrected chi connectivity index (χ4v) is 1.98. The van der Waals surface area contributed by atoms with E-state index in [-0.39, 0.29) is 0 Å². The lowest BCUT2D eigenvalue weighted by molar-refractivity contribution is 0.109. The standard InChI is InChI=1S/C13H19NO/c1-2-4-13(5-3-1)11-15-9-7-12-6-8-14-10-12/h1-5,12,14H,6-11H2. The van der Waals surface area contributed by atoms with Gasteiger partial charge in [0, 0.05) is 6.61 Å². The second-order valence-corrected chi connectivity index (χ2v) is 4.19. The van der Waals surface area contributed by atoms with Crippen LogP contribution >= 0.6 is 0 Å². The Bertz CT molecular complexity index is 267. The van der Waals surface area contributed by atoms with Gasteiger partial charge in [-0.25, -0.2) is 0 Å². The van der Waals surface area contributed by atoms with E-state index >= 15 is 0 Å². The maximum absolute atomic E-state index is 5.65. The van der Waals surface area contributed by atoms with Crippen LogP contribution in [0.3, 0.4) is 0 Å². The predicted molar refractivity (Wildman–Crippen MR) is 61.7 cm³/mol. The number of hydrogen-bond donors (Lipinski definition) is 1. The molecule has 0 saturated carbocycles. The Morgan fingerprint density at radius 2 is 2.13 bits per heavy atom. The molecular formula is C13H19NO. The summed E-state index contributed by atoms with van der Waals surface area (Å²) in [6, 6.07) is 10.4. The molecule has 1 aliphatic rings. The third-order valence-electron chi connectivity index (χ3n) is 2.94. The summed E-state index contributed by atoms with van der Waals surface area (Å²) >= 11 is 0. The fourth-order valence-electron chi connectivity index (χ4n) is 1.98. The molecule has 0 amide bonds. The predicted octanol–water partition coefficient (Wildman–Crippen LogP) is 2.20. The van der Waals surface area contributed by atoms with Gasteiger partial charge in [0.25, 0.3) is 0 Å². The van der Waals surface area contributed by atoms with Crippen LogP contribution in [-0.4, -0.2) is 19.7 Å². The summed E-state index contributed by atoms with van der Waals surface area (Å²) in [5, 5.41) is 3.38. The van der Waals surface area contributed by atoms with Crippen molar-refractivity contribution in [3.8, 4) is 0 Å². The first kappa shape index (κ1) is 10.7. The van der Waals surface area contributed by atoms with E-state index in [1.807, 2.05) is 6.07 Å². The molecule has 0 aromatic heterocycles. The van der Waals surface area contributed by atoms with Crippen LogP contribution < -0.4 is 5.32 Å². The van der Waals surface area contributed by atoms with Crippen molar-refractivity contribution in [2.45, 2.75) is 19.4 Å². The van der Waals surface area contributed by atoms with Gasteiger partial charge in [0.15, 0.2) is 0 Å². The summed E-state index contributed by atoms with van der Waals surface area (Å²) in [7, 11) is 0. The molecular weight excluding hydrogens is 186 g/mol. The van der Waals surface area contributed by atoms with Crippen LogP contribution in [0.4, 0.5) is 0 Å². The number of benzene rings is 1. The summed E-state index contributed by atoms with van der Waals surface area (Å²) in [6.07, 6.45) is 2.51. The van der Waals surface area contributed by atoms with Gasteiger partial charge in [0.2, 0.25) is 0 Å². The molecule has 0 spiro atoms. The summed E-state index contributed by atoms with van der Waals surface area (Å²) in [5.41, 5.74) is 1.27. The second-order valence-electron chi connectivity index (χ2n) is 4.19. The zero-order valence-corrected chi connectivity index (χ0v) is 9.11. The van der Waals surface area contributed by atoms with Gasteiger partial charge in [-0.15, -0.1) is 0 Å². The van der Waals surface area contributed by atoms with Gasteiger partial charge >= 0.3 is 0 Å². The lowest BCUT2D eigenvalue weighted by atomic mass is 10.1. The summed E-state index contributed by atoms with van der Waals surface area (Å²) in [4.78, 5) is 0. The third kappa shape index (κ3) is 3.65. The molecule has 1 saturated heterocycles. The molecule has 1 fully saturated rings. The number of rotatable bonds is 5. The molecule has 1 aromatic carbocycles. The Morgan fingerprint density at radius 1 is 1.27 bits per heavy atom. The van der Waals surface area contributed by atoms with E-state index in [0.29, 0.717) is 0 Å². The molecule has 0 bridgehead atoms. The van der Waals surface area contributed by atoms with Crippen LogP contribution in [0, 0.1) is 5.92 Å². The Morgan fingerprint density at radius 3 is 2.87 bits per heavy atom. The van der Waals surface area contributed by atoms with E-state index in [0.717, 1.165) is 19.1 Å². The summed E-state index contributed by atoms with van der Waals surface area (Å²) in [5.74, 6) is 0.834. The first-order chi connectivity index (χ1) is 7.45. The second kappa shape index (κ2) is 5.89. The minimum absolute atomic E-state index is 0.751. The van der Waals surface area contributed by atoms with Crippen molar-refractivity contribution in [1.82, 2.24) is 5.32 Å². The molecule has 2 nitrogen and oxygen atoms in total. The lowest BCUT2D eigenvalue weighted by Crippen LogP contribution is -2.10. The minimum atomic E-state index is 0.751. The normalized spacial score (nSPS) is 20.7. The summed E-state index contributed by atoms with van der Waals surface area (Å²) in [6.45, 7) is 4.00. The lowest BCUT2D eigenvalue weighted by Gasteiger charge is -2.08. The molecule has 0 aliphatic carbocycles. The third-order valence-corrected chi connectivity index (χ3v) is 2.94. The van der Waals surface area contributed by atoms with Crippen molar-refractivity contribution in [2.24, 2.45) is 5.92 Å². The first-order valence-corrected chi connectivity index (χ1v) is 5.77. The van der Waals surface area contributed by atoms with Gasteiger partial charge in [-0.2, -0.15) is 0 Å². The van der Waals surface area contributed by atoms with Crippen molar-refractivity contribution in [3.63, 3.8) is 0 Å². The Labute approximate surface area is 91.6 Å². The molecule has 2 heteroatoms. The van der Waals surface area contributed by atoms with Crippen LogP contribution in [-0.2, 0) is 11.3 Å². The largest absolute Gasteiger partial charge is 0.377 e. The Balaban J connectivity index is 1.59. The van der Waals surface area contributed by atoms with E-state index in [1.165, 1.54) is 31.5 Å². The molecule has 1 unspecified atom stereocenters. The van der Waals surface area contributed by atoms with Crippen molar-refractivity contribution in [2.75, 3.05) is 19.7 Å². The maximum atomic E-state index is 5.65. The highest BCUT2D eigenvalue weighted by Gasteiger charge is 2.13. The van der Waals surface area contributed by atoms with Crippen LogP contribution in [0.25, 0.3) is 0 Å². The van der Waals surface area contributed by atoms with Gasteiger partial charge in [-0.05, 0) is 37.4 Å². The zero-order chi connectivity index (χ0) is 10.3. The van der Waals surface area contributed by atoms with Gasteiger partial charge in [-0.3, -0.25) is 0 Å². The van der Waals surface area contributed by atoms with Crippen LogP contribution in [0.5, 0.6) is 0 Å². The highest BCUT2D eigenvalue weighted by molar-refractivity contribution is 5.13. The number of nitrogens with one attached hydrogen (secondary N) is 1. The van der Waals surface area contributed by atoms with Gasteiger partial charge in [0.1, 0.15) is 0 Å². The van der Waals surface area contributed by atoms with Gasteiger partial charge < -0.3 is 10.1 Å². The van der Waals surface area contributed by atoms with Crippen molar-refractivity contribution in [1.29, 1.82) is 0 Å².